The molecule has 198 valence electrons. The minimum Gasteiger partial charge on any atom is -0.491 e. The van der Waals surface area contributed by atoms with Crippen molar-refractivity contribution in [2.75, 3.05) is 18.5 Å². The van der Waals surface area contributed by atoms with Gasteiger partial charge in [0.1, 0.15) is 18.2 Å². The third kappa shape index (κ3) is 6.36. The van der Waals surface area contributed by atoms with Crippen molar-refractivity contribution in [2.24, 2.45) is 0 Å². The lowest BCUT2D eigenvalue weighted by Crippen LogP contribution is -2.25. The zero-order valence-corrected chi connectivity index (χ0v) is 20.7. The van der Waals surface area contributed by atoms with Crippen molar-refractivity contribution in [3.05, 3.63) is 124 Å². The van der Waals surface area contributed by atoms with E-state index in [9.17, 15) is 18.4 Å². The van der Waals surface area contributed by atoms with Crippen LogP contribution in [0.3, 0.4) is 0 Å². The molecule has 0 aliphatic carbocycles. The molecule has 0 bridgehead atoms. The SMILES string of the molecule is O=C(CNCc1ccc(F)c(F)c1)c1cccnc1N[C@@H](COc1ccc2[nH]c(=O)[nH]c2c1)c1ccccc1. The fraction of sp³-hybridized carbons (Fsp3) is 0.138. The lowest BCUT2D eigenvalue weighted by atomic mass is 10.1. The summed E-state index contributed by atoms with van der Waals surface area (Å²) in [4.78, 5) is 34.5. The molecule has 0 amide bonds. The maximum Gasteiger partial charge on any atom is 0.323 e. The van der Waals surface area contributed by atoms with Crippen LogP contribution in [0.5, 0.6) is 5.75 Å². The molecule has 2 aromatic heterocycles. The number of carbonyl (C=O) groups excluding carboxylic acids is 1. The predicted molar refractivity (Wildman–Crippen MR) is 144 cm³/mol. The Hall–Kier alpha value is -4.83. The maximum absolute atomic E-state index is 13.5. The summed E-state index contributed by atoms with van der Waals surface area (Å²) in [6, 6.07) is 21.5. The van der Waals surface area contributed by atoms with Crippen LogP contribution in [0.2, 0.25) is 0 Å². The Morgan fingerprint density at radius 2 is 1.74 bits per heavy atom. The van der Waals surface area contributed by atoms with E-state index >= 15 is 0 Å². The number of hydrogen-bond donors (Lipinski definition) is 4. The molecule has 10 heteroatoms. The van der Waals surface area contributed by atoms with E-state index in [-0.39, 0.29) is 37.2 Å². The highest BCUT2D eigenvalue weighted by atomic mass is 19.2. The number of hydrogen-bond acceptors (Lipinski definition) is 6. The van der Waals surface area contributed by atoms with Crippen LogP contribution >= 0.6 is 0 Å². The monoisotopic (exact) mass is 529 g/mol. The average molecular weight is 530 g/mol. The smallest absolute Gasteiger partial charge is 0.323 e. The number of nitrogens with one attached hydrogen (secondary N) is 4. The van der Waals surface area contributed by atoms with Crippen LogP contribution in [0.15, 0.2) is 89.9 Å². The van der Waals surface area contributed by atoms with Gasteiger partial charge in [0.05, 0.1) is 29.2 Å². The van der Waals surface area contributed by atoms with Crippen molar-refractivity contribution in [1.29, 1.82) is 0 Å². The molecule has 5 rings (SSSR count). The molecule has 0 aliphatic rings. The Bertz CT molecular complexity index is 1650. The largest absolute Gasteiger partial charge is 0.491 e. The number of carbonyl (C=O) groups is 1. The maximum atomic E-state index is 13.5. The van der Waals surface area contributed by atoms with Gasteiger partial charge in [-0.25, -0.2) is 18.6 Å². The molecule has 3 aromatic carbocycles. The van der Waals surface area contributed by atoms with Crippen LogP contribution in [0, 0.1) is 11.6 Å². The van der Waals surface area contributed by atoms with Crippen molar-refractivity contribution >= 4 is 22.6 Å². The first-order chi connectivity index (χ1) is 19.0. The average Bonchev–Trinajstić information content (AvgIpc) is 3.33. The van der Waals surface area contributed by atoms with Gasteiger partial charge in [-0.15, -0.1) is 0 Å². The number of nitrogens with zero attached hydrogens (tertiary/aromatic N) is 1. The lowest BCUT2D eigenvalue weighted by Gasteiger charge is -2.22. The number of fused-ring (bicyclic) bond motifs is 1. The zero-order chi connectivity index (χ0) is 27.2. The second-order valence-electron chi connectivity index (χ2n) is 8.88. The molecule has 0 saturated carbocycles. The summed E-state index contributed by atoms with van der Waals surface area (Å²) in [5.74, 6) is -1.12. The molecule has 4 N–H and O–H groups in total. The molecule has 5 aromatic rings. The van der Waals surface area contributed by atoms with Crippen LogP contribution < -0.4 is 21.1 Å². The van der Waals surface area contributed by atoms with Crippen LogP contribution in [0.25, 0.3) is 11.0 Å². The van der Waals surface area contributed by atoms with E-state index in [0.717, 1.165) is 17.7 Å². The van der Waals surface area contributed by atoms with Gasteiger partial charge in [-0.3, -0.25) is 4.79 Å². The van der Waals surface area contributed by atoms with Crippen molar-refractivity contribution in [2.45, 2.75) is 12.6 Å². The van der Waals surface area contributed by atoms with Gasteiger partial charge in [0.15, 0.2) is 17.4 Å². The van der Waals surface area contributed by atoms with E-state index in [0.29, 0.717) is 33.7 Å². The molecule has 1 atom stereocenters. The lowest BCUT2D eigenvalue weighted by molar-refractivity contribution is 0.0991. The van der Waals surface area contributed by atoms with Gasteiger partial charge in [0.25, 0.3) is 0 Å². The van der Waals surface area contributed by atoms with Gasteiger partial charge in [0, 0.05) is 18.8 Å². The second kappa shape index (κ2) is 11.7. The first-order valence-electron chi connectivity index (χ1n) is 12.3. The van der Waals surface area contributed by atoms with Gasteiger partial charge in [-0.1, -0.05) is 36.4 Å². The Kier molecular flexibility index (Phi) is 7.74. The number of ether oxygens (including phenoxy) is 1. The topological polar surface area (TPSA) is 112 Å². The van der Waals surface area contributed by atoms with Crippen LogP contribution in [-0.2, 0) is 6.54 Å². The highest BCUT2D eigenvalue weighted by molar-refractivity contribution is 6.01. The summed E-state index contributed by atoms with van der Waals surface area (Å²) in [6.07, 6.45) is 1.59. The summed E-state index contributed by atoms with van der Waals surface area (Å²) in [5.41, 5.74) is 2.85. The third-order valence-corrected chi connectivity index (χ3v) is 6.12. The number of pyridine rings is 1. The number of rotatable bonds is 11. The molecular formula is C29H25F2N5O3. The number of ketones is 1. The Morgan fingerprint density at radius 3 is 2.56 bits per heavy atom. The molecule has 39 heavy (non-hydrogen) atoms. The van der Waals surface area contributed by atoms with E-state index in [1.54, 1.807) is 36.5 Å². The zero-order valence-electron chi connectivity index (χ0n) is 20.7. The Labute approximate surface area is 222 Å². The standard InChI is InChI=1S/C29H25F2N5O3/c30-22-10-8-18(13-23(22)31)15-32-16-27(37)21-7-4-12-33-28(21)34-26(19-5-2-1-3-6-19)17-39-20-9-11-24-25(14-20)36-29(38)35-24/h1-14,26,32H,15-17H2,(H,33,34)(H2,35,36,38)/t26-/m0/s1. The molecule has 0 fully saturated rings. The van der Waals surface area contributed by atoms with E-state index in [1.807, 2.05) is 30.3 Å². The van der Waals surface area contributed by atoms with Gasteiger partial charge in [0.2, 0.25) is 0 Å². The highest BCUT2D eigenvalue weighted by Crippen LogP contribution is 2.24. The van der Waals surface area contributed by atoms with Crippen molar-refractivity contribution < 1.29 is 18.3 Å². The number of imidazole rings is 1. The quantitative estimate of drug-likeness (QED) is 0.184. The number of aromatic amines is 2. The Balaban J connectivity index is 1.29. The first kappa shape index (κ1) is 25.8. The summed E-state index contributed by atoms with van der Waals surface area (Å²) in [6.45, 7) is 0.382. The fourth-order valence-corrected chi connectivity index (χ4v) is 4.16. The molecule has 0 radical (unpaired) electrons. The summed E-state index contributed by atoms with van der Waals surface area (Å²) in [5, 5.41) is 6.31. The van der Waals surface area contributed by atoms with E-state index in [2.05, 4.69) is 25.6 Å². The molecule has 0 aliphatic heterocycles. The number of benzene rings is 3. The van der Waals surface area contributed by atoms with E-state index in [1.165, 1.54) is 6.07 Å². The summed E-state index contributed by atoms with van der Waals surface area (Å²) in [7, 11) is 0. The van der Waals surface area contributed by atoms with Crippen molar-refractivity contribution in [3.63, 3.8) is 0 Å². The molecule has 2 heterocycles. The van der Waals surface area contributed by atoms with Gasteiger partial charge < -0.3 is 25.3 Å². The molecule has 0 unspecified atom stereocenters. The van der Waals surface area contributed by atoms with Crippen molar-refractivity contribution in [3.8, 4) is 5.75 Å². The first-order valence-corrected chi connectivity index (χ1v) is 12.3. The Morgan fingerprint density at radius 1 is 0.923 bits per heavy atom. The molecular weight excluding hydrogens is 504 g/mol. The minimum atomic E-state index is -0.935. The third-order valence-electron chi connectivity index (χ3n) is 6.12. The van der Waals surface area contributed by atoms with Crippen LogP contribution in [0.4, 0.5) is 14.6 Å². The number of H-pyrrole nitrogens is 2. The minimum absolute atomic E-state index is 0.0270. The van der Waals surface area contributed by atoms with Crippen LogP contribution in [0.1, 0.15) is 27.5 Å². The van der Waals surface area contributed by atoms with Gasteiger partial charge in [-0.2, -0.15) is 0 Å². The summed E-state index contributed by atoms with van der Waals surface area (Å²) < 4.78 is 32.7. The normalized spacial score (nSPS) is 11.8. The highest BCUT2D eigenvalue weighted by Gasteiger charge is 2.18. The number of aromatic nitrogens is 3. The number of anilines is 1. The van der Waals surface area contributed by atoms with E-state index < -0.39 is 11.6 Å². The van der Waals surface area contributed by atoms with E-state index in [4.69, 9.17) is 4.74 Å². The molecule has 0 spiro atoms. The summed E-state index contributed by atoms with van der Waals surface area (Å²) >= 11 is 0. The molecule has 8 nitrogen and oxygen atoms in total. The number of halogens is 2. The second-order valence-corrected chi connectivity index (χ2v) is 8.88. The van der Waals surface area contributed by atoms with Crippen molar-refractivity contribution in [1.82, 2.24) is 20.3 Å². The molecule has 0 saturated heterocycles. The fourth-order valence-electron chi connectivity index (χ4n) is 4.16. The van der Waals surface area contributed by atoms with Gasteiger partial charge >= 0.3 is 5.69 Å². The van der Waals surface area contributed by atoms with Gasteiger partial charge in [-0.05, 0) is 47.5 Å². The predicted octanol–water partition coefficient (Wildman–Crippen LogP) is 4.73. The number of Topliss-reactive ketones (excluding diaryl/α,β-unsaturated/α-hetero) is 1. The van der Waals surface area contributed by atoms with Crippen LogP contribution in [-0.4, -0.2) is 33.9 Å².